The van der Waals surface area contributed by atoms with Crippen LogP contribution in [0.2, 0.25) is 0 Å². The van der Waals surface area contributed by atoms with E-state index in [-0.39, 0.29) is 23.1 Å². The summed E-state index contributed by atoms with van der Waals surface area (Å²) in [6, 6.07) is 10.8. The highest BCUT2D eigenvalue weighted by molar-refractivity contribution is 7.90. The van der Waals surface area contributed by atoms with Crippen molar-refractivity contribution in [3.63, 3.8) is 0 Å². The normalized spacial score (nSPS) is 11.8. The minimum atomic E-state index is -3.33. The molecule has 0 radical (unpaired) electrons. The van der Waals surface area contributed by atoms with Crippen molar-refractivity contribution in [3.05, 3.63) is 70.4 Å². The average molecular weight is 467 g/mol. The number of aromatic nitrogens is 4. The molecule has 0 spiro atoms. The van der Waals surface area contributed by atoms with Crippen molar-refractivity contribution in [2.75, 3.05) is 5.75 Å². The summed E-state index contributed by atoms with van der Waals surface area (Å²) in [4.78, 5) is 20.8. The van der Waals surface area contributed by atoms with Crippen LogP contribution in [-0.4, -0.2) is 33.3 Å². The van der Waals surface area contributed by atoms with Crippen LogP contribution in [0.5, 0.6) is 11.8 Å². The van der Waals surface area contributed by atoms with Gasteiger partial charge in [-0.1, -0.05) is 19.1 Å². The van der Waals surface area contributed by atoms with E-state index in [1.54, 1.807) is 25.4 Å². The molecule has 0 saturated carbocycles. The molecule has 4 rings (SSSR count). The topological polar surface area (TPSA) is 96.1 Å². The number of rotatable bonds is 7. The molecule has 0 bridgehead atoms. The molecular formula is C24H26N4O4S. The molecule has 0 N–H and O–H groups in total. The fourth-order valence-corrected chi connectivity index (χ4v) is 5.13. The standard InChI is InChI=1S/C24H26N4O4S/c1-5-12-33(30,31)15-19-13-20(18-8-9-21(29)28(4)14-18)26-24(25-19)32-23-16(2)6-7-17-10-11-27(3)22(17)23/h6-11,13-14H,5,12,15H2,1-4H3. The summed E-state index contributed by atoms with van der Waals surface area (Å²) >= 11 is 0. The van der Waals surface area contributed by atoms with Gasteiger partial charge in [-0.25, -0.2) is 8.42 Å². The van der Waals surface area contributed by atoms with Crippen molar-refractivity contribution in [1.82, 2.24) is 19.1 Å². The number of hydrogen-bond acceptors (Lipinski definition) is 6. The molecule has 33 heavy (non-hydrogen) atoms. The Morgan fingerprint density at radius 1 is 1.03 bits per heavy atom. The minimum absolute atomic E-state index is 0.0554. The molecule has 3 aromatic heterocycles. The van der Waals surface area contributed by atoms with Crippen molar-refractivity contribution in [1.29, 1.82) is 0 Å². The zero-order valence-electron chi connectivity index (χ0n) is 19.1. The van der Waals surface area contributed by atoms with Gasteiger partial charge in [-0.05, 0) is 37.1 Å². The fourth-order valence-electron chi connectivity index (χ4n) is 3.77. The minimum Gasteiger partial charge on any atom is -0.422 e. The van der Waals surface area contributed by atoms with Crippen molar-refractivity contribution in [2.45, 2.75) is 26.0 Å². The van der Waals surface area contributed by atoms with Gasteiger partial charge in [-0.15, -0.1) is 0 Å². The Balaban J connectivity index is 1.84. The Kier molecular flexibility index (Phi) is 6.07. The molecule has 0 fully saturated rings. The van der Waals surface area contributed by atoms with Crippen molar-refractivity contribution in [3.8, 4) is 23.0 Å². The summed E-state index contributed by atoms with van der Waals surface area (Å²) in [6.07, 6.45) is 4.13. The molecule has 0 atom stereocenters. The highest BCUT2D eigenvalue weighted by Gasteiger charge is 2.18. The van der Waals surface area contributed by atoms with E-state index < -0.39 is 9.84 Å². The van der Waals surface area contributed by atoms with Crippen LogP contribution in [0.3, 0.4) is 0 Å². The SMILES string of the molecule is CCCS(=O)(=O)Cc1cc(-c2ccc(=O)n(C)c2)nc(Oc2c(C)ccc3ccn(C)c23)n1. The van der Waals surface area contributed by atoms with Gasteiger partial charge in [0.2, 0.25) is 5.56 Å². The number of nitrogens with zero attached hydrogens (tertiary/aromatic N) is 4. The second-order valence-corrected chi connectivity index (χ2v) is 10.3. The van der Waals surface area contributed by atoms with E-state index in [0.717, 1.165) is 16.5 Å². The van der Waals surface area contributed by atoms with Crippen LogP contribution in [-0.2, 0) is 29.7 Å². The molecule has 0 aliphatic rings. The number of pyridine rings is 1. The first-order chi connectivity index (χ1) is 15.7. The maximum atomic E-state index is 12.5. The van der Waals surface area contributed by atoms with Crippen molar-refractivity contribution < 1.29 is 13.2 Å². The van der Waals surface area contributed by atoms with Gasteiger partial charge in [0.05, 0.1) is 28.4 Å². The number of hydrogen-bond donors (Lipinski definition) is 0. The Hall–Kier alpha value is -3.46. The smallest absolute Gasteiger partial charge is 0.322 e. The summed E-state index contributed by atoms with van der Waals surface area (Å²) < 4.78 is 34.6. The van der Waals surface area contributed by atoms with E-state index >= 15 is 0 Å². The summed E-state index contributed by atoms with van der Waals surface area (Å²) in [7, 11) is 0.245. The first kappa shape index (κ1) is 22.7. The first-order valence-electron chi connectivity index (χ1n) is 10.6. The predicted octanol–water partition coefficient (Wildman–Crippen LogP) is 3.76. The number of sulfone groups is 1. The lowest BCUT2D eigenvalue weighted by molar-refractivity contribution is 0.440. The van der Waals surface area contributed by atoms with Gasteiger partial charge in [0, 0.05) is 43.5 Å². The maximum Gasteiger partial charge on any atom is 0.322 e. The van der Waals surface area contributed by atoms with E-state index in [1.165, 1.54) is 10.6 Å². The molecule has 0 aliphatic heterocycles. The predicted molar refractivity (Wildman–Crippen MR) is 128 cm³/mol. The molecular weight excluding hydrogens is 440 g/mol. The summed E-state index contributed by atoms with van der Waals surface area (Å²) in [5.41, 5.74) is 3.13. The Bertz CT molecular complexity index is 1500. The third kappa shape index (κ3) is 4.83. The summed E-state index contributed by atoms with van der Waals surface area (Å²) in [6.45, 7) is 3.76. The second-order valence-electron chi connectivity index (χ2n) is 8.16. The van der Waals surface area contributed by atoms with E-state index in [4.69, 9.17) is 4.74 Å². The van der Waals surface area contributed by atoms with Crippen LogP contribution in [0.4, 0.5) is 0 Å². The van der Waals surface area contributed by atoms with Gasteiger partial charge in [-0.3, -0.25) is 4.79 Å². The van der Waals surface area contributed by atoms with Crippen LogP contribution < -0.4 is 10.3 Å². The Morgan fingerprint density at radius 3 is 2.55 bits per heavy atom. The van der Waals surface area contributed by atoms with E-state index in [9.17, 15) is 13.2 Å². The van der Waals surface area contributed by atoms with Gasteiger partial charge >= 0.3 is 6.01 Å². The zero-order valence-corrected chi connectivity index (χ0v) is 19.9. The highest BCUT2D eigenvalue weighted by atomic mass is 32.2. The molecule has 1 aromatic carbocycles. The van der Waals surface area contributed by atoms with Crippen molar-refractivity contribution in [2.24, 2.45) is 14.1 Å². The van der Waals surface area contributed by atoms with E-state index in [0.29, 0.717) is 29.1 Å². The van der Waals surface area contributed by atoms with Gasteiger partial charge < -0.3 is 13.9 Å². The first-order valence-corrected chi connectivity index (χ1v) is 12.5. The van der Waals surface area contributed by atoms with Crippen molar-refractivity contribution >= 4 is 20.7 Å². The molecule has 0 unspecified atom stereocenters. The van der Waals surface area contributed by atoms with Gasteiger partial charge in [-0.2, -0.15) is 9.97 Å². The molecule has 4 aromatic rings. The van der Waals surface area contributed by atoms with E-state index in [2.05, 4.69) is 9.97 Å². The zero-order chi connectivity index (χ0) is 23.8. The van der Waals surface area contributed by atoms with Crippen LogP contribution in [0.15, 0.2) is 53.6 Å². The number of aryl methyl sites for hydroxylation is 3. The largest absolute Gasteiger partial charge is 0.422 e. The monoisotopic (exact) mass is 466 g/mol. The van der Waals surface area contributed by atoms with Gasteiger partial charge in [0.1, 0.15) is 0 Å². The third-order valence-corrected chi connectivity index (χ3v) is 7.17. The lowest BCUT2D eigenvalue weighted by Crippen LogP contribution is -2.14. The van der Waals surface area contributed by atoms with Gasteiger partial charge in [0.15, 0.2) is 15.6 Å². The summed E-state index contributed by atoms with van der Waals surface area (Å²) in [5.74, 6) is 0.468. The fraction of sp³-hybridized carbons (Fsp3) is 0.292. The number of benzene rings is 1. The average Bonchev–Trinajstić information content (AvgIpc) is 3.12. The second kappa shape index (κ2) is 8.82. The quantitative estimate of drug-likeness (QED) is 0.411. The molecule has 8 nitrogen and oxygen atoms in total. The molecule has 3 heterocycles. The molecule has 0 amide bonds. The molecule has 172 valence electrons. The summed E-state index contributed by atoms with van der Waals surface area (Å²) in [5, 5.41) is 1.01. The molecule has 0 aliphatic carbocycles. The Morgan fingerprint density at radius 2 is 1.82 bits per heavy atom. The van der Waals surface area contributed by atoms with E-state index in [1.807, 2.05) is 49.9 Å². The number of fused-ring (bicyclic) bond motifs is 1. The van der Waals surface area contributed by atoms with Crippen LogP contribution in [0.1, 0.15) is 24.6 Å². The lowest BCUT2D eigenvalue weighted by atomic mass is 10.1. The lowest BCUT2D eigenvalue weighted by Gasteiger charge is -2.13. The number of ether oxygens (including phenoxy) is 1. The Labute approximate surface area is 192 Å². The molecule has 0 saturated heterocycles. The van der Waals surface area contributed by atoms with Gasteiger partial charge in [0.25, 0.3) is 0 Å². The van der Waals surface area contributed by atoms with Crippen LogP contribution in [0.25, 0.3) is 22.2 Å². The van der Waals surface area contributed by atoms with Crippen LogP contribution >= 0.6 is 0 Å². The van der Waals surface area contributed by atoms with Crippen LogP contribution in [0, 0.1) is 6.92 Å². The maximum absolute atomic E-state index is 12.5. The molecule has 9 heteroatoms. The highest BCUT2D eigenvalue weighted by Crippen LogP contribution is 2.33. The third-order valence-electron chi connectivity index (χ3n) is 5.41.